The van der Waals surface area contributed by atoms with Crippen molar-refractivity contribution in [1.82, 2.24) is 15.0 Å². The van der Waals surface area contributed by atoms with E-state index in [9.17, 15) is 29.6 Å². The number of ether oxygens (including phenoxy) is 2. The molecule has 15 heteroatoms. The van der Waals surface area contributed by atoms with Crippen LogP contribution in [0.1, 0.15) is 30.2 Å². The minimum absolute atomic E-state index is 0.0510. The molecular formula is C35H38N6O8Si. The molecule has 4 heterocycles. The lowest BCUT2D eigenvalue weighted by Gasteiger charge is -2.32. The van der Waals surface area contributed by atoms with E-state index in [1.54, 1.807) is 32.8 Å². The van der Waals surface area contributed by atoms with E-state index in [1.807, 2.05) is 62.5 Å². The van der Waals surface area contributed by atoms with Crippen molar-refractivity contribution in [2.75, 3.05) is 23.0 Å². The number of amides is 2. The Kier molecular flexibility index (Phi) is 8.54. The van der Waals surface area contributed by atoms with Crippen LogP contribution < -0.4 is 14.5 Å². The SMILES string of the molecule is C[C@@H]1[C@@H]([Si](C)(C)O)[C@H](CCn2cc(CCO)nn2)O[C@@]12C(=O)N(Cc1cccc(N3C(=O)COc4ccccc43)c1)c1ccc([N+](=O)[O-])cc12. The van der Waals surface area contributed by atoms with Gasteiger partial charge in [-0.3, -0.25) is 29.3 Å². The molecule has 3 aromatic carbocycles. The van der Waals surface area contributed by atoms with Gasteiger partial charge in [0.1, 0.15) is 5.75 Å². The summed E-state index contributed by atoms with van der Waals surface area (Å²) in [6.45, 7) is 5.87. The van der Waals surface area contributed by atoms with E-state index in [0.717, 1.165) is 5.56 Å². The van der Waals surface area contributed by atoms with Crippen LogP contribution in [-0.2, 0) is 39.4 Å². The van der Waals surface area contributed by atoms with Gasteiger partial charge in [-0.2, -0.15) is 0 Å². The molecule has 0 saturated carbocycles. The van der Waals surface area contributed by atoms with Gasteiger partial charge >= 0.3 is 0 Å². The highest BCUT2D eigenvalue weighted by molar-refractivity contribution is 6.71. The Labute approximate surface area is 289 Å². The van der Waals surface area contributed by atoms with Gasteiger partial charge in [-0.15, -0.1) is 5.10 Å². The summed E-state index contributed by atoms with van der Waals surface area (Å²) < 4.78 is 14.1. The average molecular weight is 699 g/mol. The molecule has 2 N–H and O–H groups in total. The molecule has 1 spiro atoms. The monoisotopic (exact) mass is 698 g/mol. The van der Waals surface area contributed by atoms with E-state index in [4.69, 9.17) is 9.47 Å². The number of carbonyl (C=O) groups excluding carboxylic acids is 2. The third-order valence-corrected chi connectivity index (χ3v) is 12.5. The number of non-ortho nitro benzene ring substituents is 1. The topological polar surface area (TPSA) is 173 Å². The summed E-state index contributed by atoms with van der Waals surface area (Å²) in [4.78, 5) is 54.3. The molecular weight excluding hydrogens is 661 g/mol. The van der Waals surface area contributed by atoms with Crippen LogP contribution in [0.25, 0.3) is 0 Å². The molecule has 1 saturated heterocycles. The molecule has 14 nitrogen and oxygen atoms in total. The minimum Gasteiger partial charge on any atom is -0.482 e. The zero-order chi connectivity index (χ0) is 35.4. The fourth-order valence-electron chi connectivity index (χ4n) is 7.90. The molecule has 0 radical (unpaired) electrons. The van der Waals surface area contributed by atoms with Crippen molar-refractivity contribution in [2.24, 2.45) is 5.92 Å². The van der Waals surface area contributed by atoms with Crippen LogP contribution in [0.2, 0.25) is 18.6 Å². The Morgan fingerprint density at radius 2 is 1.88 bits per heavy atom. The zero-order valence-corrected chi connectivity index (χ0v) is 28.9. The molecule has 4 aromatic rings. The van der Waals surface area contributed by atoms with E-state index in [-0.39, 0.29) is 37.3 Å². The maximum absolute atomic E-state index is 14.9. The van der Waals surface area contributed by atoms with Crippen LogP contribution in [0.5, 0.6) is 5.75 Å². The third kappa shape index (κ3) is 5.65. The normalized spacial score (nSPS) is 22.9. The summed E-state index contributed by atoms with van der Waals surface area (Å²) in [5.41, 5.74) is 1.36. The highest BCUT2D eigenvalue weighted by Gasteiger charge is 2.66. The largest absolute Gasteiger partial charge is 0.482 e. The first-order valence-corrected chi connectivity index (χ1v) is 19.6. The van der Waals surface area contributed by atoms with E-state index < -0.39 is 36.4 Å². The Bertz CT molecular complexity index is 1980. The Morgan fingerprint density at radius 3 is 2.64 bits per heavy atom. The number of aryl methyl sites for hydroxylation is 1. The Balaban J connectivity index is 1.24. The molecule has 1 aromatic heterocycles. The number of hydrogen-bond donors (Lipinski definition) is 2. The standard InChI is InChI=1S/C35H38N6O8Si/c1-22-33(50(2,3)47)31(13-15-38-20-24(14-16-42)36-37-38)49-35(22)27-18-26(41(45)46)11-12-28(27)39(34(35)44)19-23-7-6-8-25(17-23)40-29-9-4-5-10-30(29)48-21-32(40)43/h4-12,17-18,20,22,31,33,42,47H,13-16,19,21H2,1-3H3/t22-,31+,33-,35+/m1/s1. The van der Waals surface area contributed by atoms with Gasteiger partial charge in [0.25, 0.3) is 17.5 Å². The molecule has 7 rings (SSSR count). The summed E-state index contributed by atoms with van der Waals surface area (Å²) in [6.07, 6.45) is 1.97. The number of fused-ring (bicyclic) bond motifs is 3. The second-order valence-electron chi connectivity index (χ2n) is 13.6. The predicted molar refractivity (Wildman–Crippen MR) is 184 cm³/mol. The zero-order valence-electron chi connectivity index (χ0n) is 27.9. The fraction of sp³-hybridized carbons (Fsp3) is 0.371. The first kappa shape index (κ1) is 33.5. The van der Waals surface area contributed by atoms with Crippen LogP contribution >= 0.6 is 0 Å². The number of aliphatic hydroxyl groups excluding tert-OH is 1. The number of nitro benzene ring substituents is 1. The van der Waals surface area contributed by atoms with Crippen LogP contribution in [0.4, 0.5) is 22.7 Å². The summed E-state index contributed by atoms with van der Waals surface area (Å²) in [7, 11) is -2.99. The number of rotatable bonds is 10. The van der Waals surface area contributed by atoms with Gasteiger partial charge in [0.05, 0.1) is 34.6 Å². The highest BCUT2D eigenvalue weighted by Crippen LogP contribution is 2.60. The molecule has 3 aliphatic heterocycles. The van der Waals surface area contributed by atoms with Gasteiger partial charge < -0.3 is 24.3 Å². The second-order valence-corrected chi connectivity index (χ2v) is 17.6. The lowest BCUT2D eigenvalue weighted by Crippen LogP contribution is -2.46. The smallest absolute Gasteiger partial charge is 0.269 e. The average Bonchev–Trinajstić information content (AvgIpc) is 3.73. The fourth-order valence-corrected chi connectivity index (χ4v) is 10.5. The Hall–Kier alpha value is -4.96. The molecule has 4 atom stereocenters. The lowest BCUT2D eigenvalue weighted by molar-refractivity contribution is -0.385. The Morgan fingerprint density at radius 1 is 1.08 bits per heavy atom. The number of nitrogens with zero attached hydrogens (tertiary/aromatic N) is 6. The number of aromatic nitrogens is 3. The molecule has 1 fully saturated rings. The second kappa shape index (κ2) is 12.7. The summed E-state index contributed by atoms with van der Waals surface area (Å²) >= 11 is 0. The molecule has 0 aliphatic carbocycles. The van der Waals surface area contributed by atoms with Gasteiger partial charge in [0.15, 0.2) is 20.5 Å². The minimum atomic E-state index is -2.99. The van der Waals surface area contributed by atoms with Crippen molar-refractivity contribution in [3.8, 4) is 5.75 Å². The van der Waals surface area contributed by atoms with E-state index in [2.05, 4.69) is 10.3 Å². The van der Waals surface area contributed by atoms with Gasteiger partial charge in [-0.25, -0.2) is 0 Å². The van der Waals surface area contributed by atoms with Crippen LogP contribution in [0, 0.1) is 16.0 Å². The quantitative estimate of drug-likeness (QED) is 0.139. The van der Waals surface area contributed by atoms with Gasteiger partial charge in [-0.05, 0) is 55.4 Å². The number of aliphatic hydroxyl groups is 1. The molecule has 3 aliphatic rings. The number of hydrogen-bond acceptors (Lipinski definition) is 10. The van der Waals surface area contributed by atoms with Crippen molar-refractivity contribution in [2.45, 2.75) is 63.2 Å². The maximum atomic E-state index is 14.9. The predicted octanol–water partition coefficient (Wildman–Crippen LogP) is 4.21. The summed E-state index contributed by atoms with van der Waals surface area (Å²) in [5.74, 6) is -0.528. The van der Waals surface area contributed by atoms with Gasteiger partial charge in [-0.1, -0.05) is 36.4 Å². The van der Waals surface area contributed by atoms with Crippen molar-refractivity contribution >= 4 is 42.9 Å². The molecule has 260 valence electrons. The van der Waals surface area contributed by atoms with E-state index in [1.165, 1.54) is 12.1 Å². The van der Waals surface area contributed by atoms with Crippen LogP contribution in [0.15, 0.2) is 72.9 Å². The summed E-state index contributed by atoms with van der Waals surface area (Å²) in [6, 6.07) is 19.0. The molecule has 50 heavy (non-hydrogen) atoms. The van der Waals surface area contributed by atoms with Crippen molar-refractivity contribution in [1.29, 1.82) is 0 Å². The maximum Gasteiger partial charge on any atom is 0.269 e. The molecule has 0 unspecified atom stereocenters. The van der Waals surface area contributed by atoms with Gasteiger partial charge in [0.2, 0.25) is 0 Å². The molecule has 0 bridgehead atoms. The number of anilines is 3. The van der Waals surface area contributed by atoms with Crippen molar-refractivity contribution < 1.29 is 33.9 Å². The van der Waals surface area contributed by atoms with Crippen LogP contribution in [-0.4, -0.2) is 69.3 Å². The van der Waals surface area contributed by atoms with Crippen LogP contribution in [0.3, 0.4) is 0 Å². The van der Waals surface area contributed by atoms with Crippen molar-refractivity contribution in [3.63, 3.8) is 0 Å². The van der Waals surface area contributed by atoms with E-state index in [0.29, 0.717) is 53.5 Å². The highest BCUT2D eigenvalue weighted by atomic mass is 28.4. The number of benzene rings is 3. The van der Waals surface area contributed by atoms with Gasteiger partial charge in [0, 0.05) is 60.6 Å². The number of para-hydroxylation sites is 2. The first-order chi connectivity index (χ1) is 23.9. The van der Waals surface area contributed by atoms with E-state index >= 15 is 0 Å². The lowest BCUT2D eigenvalue weighted by atomic mass is 9.82. The summed E-state index contributed by atoms with van der Waals surface area (Å²) in [5, 5.41) is 29.5. The first-order valence-electron chi connectivity index (χ1n) is 16.6. The number of carbonyl (C=O) groups is 2. The molecule has 2 amide bonds. The van der Waals surface area contributed by atoms with Crippen molar-refractivity contribution in [3.05, 3.63) is 99.9 Å². The third-order valence-electron chi connectivity index (χ3n) is 9.99. The number of nitro groups is 1.